The summed E-state index contributed by atoms with van der Waals surface area (Å²) in [6.07, 6.45) is 7.65. The predicted octanol–water partition coefficient (Wildman–Crippen LogP) is 2.63. The molecule has 1 saturated heterocycles. The van der Waals surface area contributed by atoms with E-state index in [0.29, 0.717) is 12.5 Å². The quantitative estimate of drug-likeness (QED) is 0.849. The van der Waals surface area contributed by atoms with E-state index in [2.05, 4.69) is 43.6 Å². The van der Waals surface area contributed by atoms with Crippen LogP contribution in [0.1, 0.15) is 36.2 Å². The van der Waals surface area contributed by atoms with E-state index in [-0.39, 0.29) is 5.91 Å². The van der Waals surface area contributed by atoms with Crippen molar-refractivity contribution in [2.75, 3.05) is 19.6 Å². The summed E-state index contributed by atoms with van der Waals surface area (Å²) in [6.45, 7) is 6.71. The van der Waals surface area contributed by atoms with Crippen molar-refractivity contribution in [3.8, 4) is 0 Å². The van der Waals surface area contributed by atoms with Crippen molar-refractivity contribution < 1.29 is 4.79 Å². The molecule has 2 aromatic rings. The summed E-state index contributed by atoms with van der Waals surface area (Å²) in [5.74, 6) is 1.25. The smallest absolute Gasteiger partial charge is 0.224 e. The Hall–Kier alpha value is -2.14. The summed E-state index contributed by atoms with van der Waals surface area (Å²) in [5, 5.41) is 0. The van der Waals surface area contributed by atoms with Gasteiger partial charge in [-0.3, -0.25) is 9.69 Å². The number of aryl methyl sites for hydroxylation is 2. The van der Waals surface area contributed by atoms with Crippen molar-refractivity contribution in [1.82, 2.24) is 19.4 Å². The van der Waals surface area contributed by atoms with Gasteiger partial charge in [0.05, 0.1) is 0 Å². The Kier molecular flexibility index (Phi) is 5.07. The molecule has 1 aromatic carbocycles. The third-order valence-electron chi connectivity index (χ3n) is 5.98. The van der Waals surface area contributed by atoms with E-state index in [1.165, 1.54) is 11.1 Å². The largest absolute Gasteiger partial charge is 0.343 e. The van der Waals surface area contributed by atoms with Gasteiger partial charge in [0.1, 0.15) is 5.82 Å². The third kappa shape index (κ3) is 3.68. The van der Waals surface area contributed by atoms with Crippen LogP contribution in [0.25, 0.3) is 0 Å². The number of hydrogen-bond donors (Lipinski definition) is 0. The highest BCUT2D eigenvalue weighted by atomic mass is 16.2. The molecule has 5 nitrogen and oxygen atoms in total. The van der Waals surface area contributed by atoms with Gasteiger partial charge in [0, 0.05) is 57.6 Å². The summed E-state index contributed by atoms with van der Waals surface area (Å²) >= 11 is 0. The van der Waals surface area contributed by atoms with Gasteiger partial charge in [-0.1, -0.05) is 24.3 Å². The van der Waals surface area contributed by atoms with Crippen LogP contribution in [0.3, 0.4) is 0 Å². The molecule has 138 valence electrons. The lowest BCUT2D eigenvalue weighted by atomic mass is 9.95. The second kappa shape index (κ2) is 7.62. The molecule has 0 saturated carbocycles. The molecule has 2 aliphatic heterocycles. The van der Waals surface area contributed by atoms with Crippen LogP contribution in [0, 0.1) is 6.92 Å². The minimum atomic E-state index is 0.278. The van der Waals surface area contributed by atoms with Gasteiger partial charge in [-0.05, 0) is 37.3 Å². The summed E-state index contributed by atoms with van der Waals surface area (Å²) in [7, 11) is 0. The molecule has 1 amide bonds. The van der Waals surface area contributed by atoms with E-state index < -0.39 is 0 Å². The molecule has 5 heteroatoms. The number of carbonyl (C=O) groups is 1. The van der Waals surface area contributed by atoms with Gasteiger partial charge in [0.25, 0.3) is 0 Å². The summed E-state index contributed by atoms with van der Waals surface area (Å²) in [6, 6.07) is 9.42. The van der Waals surface area contributed by atoms with Gasteiger partial charge < -0.3 is 9.47 Å². The van der Waals surface area contributed by atoms with Gasteiger partial charge in [0.15, 0.2) is 0 Å². The van der Waals surface area contributed by atoms with Gasteiger partial charge in [0.2, 0.25) is 5.91 Å². The lowest BCUT2D eigenvalue weighted by molar-refractivity contribution is -0.133. The maximum absolute atomic E-state index is 12.5. The van der Waals surface area contributed by atoms with Crippen molar-refractivity contribution in [3.05, 3.63) is 53.6 Å². The summed E-state index contributed by atoms with van der Waals surface area (Å²) in [5.41, 5.74) is 2.99. The zero-order chi connectivity index (χ0) is 17.9. The number of amides is 1. The maximum Gasteiger partial charge on any atom is 0.224 e. The highest BCUT2D eigenvalue weighted by Gasteiger charge is 2.28. The lowest BCUT2D eigenvalue weighted by Gasteiger charge is -2.40. The van der Waals surface area contributed by atoms with E-state index in [1.54, 1.807) is 6.20 Å². The van der Waals surface area contributed by atoms with Crippen LogP contribution in [0.2, 0.25) is 0 Å². The molecular weight excluding hydrogens is 324 g/mol. The number of imidazole rings is 1. The average Bonchev–Trinajstić information content (AvgIpc) is 3.10. The van der Waals surface area contributed by atoms with Gasteiger partial charge in [-0.2, -0.15) is 0 Å². The Morgan fingerprint density at radius 2 is 1.92 bits per heavy atom. The van der Waals surface area contributed by atoms with Gasteiger partial charge in [-0.25, -0.2) is 4.98 Å². The Balaban J connectivity index is 1.26. The molecule has 0 spiro atoms. The van der Waals surface area contributed by atoms with E-state index >= 15 is 0 Å². The minimum absolute atomic E-state index is 0.278. The Morgan fingerprint density at radius 3 is 2.65 bits per heavy atom. The zero-order valence-corrected chi connectivity index (χ0v) is 15.6. The number of fused-ring (bicyclic) bond motifs is 1. The van der Waals surface area contributed by atoms with Crippen LogP contribution in [-0.2, 0) is 24.3 Å². The minimum Gasteiger partial charge on any atom is -0.343 e. The molecule has 0 N–H and O–H groups in total. The Labute approximate surface area is 155 Å². The summed E-state index contributed by atoms with van der Waals surface area (Å²) < 4.78 is 2.05. The van der Waals surface area contributed by atoms with E-state index in [9.17, 15) is 4.79 Å². The SMILES string of the molecule is Cc1nccn1CCC(=O)N1CCC(N2CCc3ccccc3C2)CC1. The second-order valence-corrected chi connectivity index (χ2v) is 7.52. The number of likely N-dealkylation sites (tertiary alicyclic amines) is 1. The number of rotatable bonds is 4. The maximum atomic E-state index is 12.5. The van der Waals surface area contributed by atoms with Crippen molar-refractivity contribution in [3.63, 3.8) is 0 Å². The fraction of sp³-hybridized carbons (Fsp3) is 0.524. The molecule has 4 rings (SSSR count). The van der Waals surface area contributed by atoms with Crippen LogP contribution < -0.4 is 0 Å². The third-order valence-corrected chi connectivity index (χ3v) is 5.98. The second-order valence-electron chi connectivity index (χ2n) is 7.52. The zero-order valence-electron chi connectivity index (χ0n) is 15.6. The molecule has 26 heavy (non-hydrogen) atoms. The van der Waals surface area contributed by atoms with E-state index in [0.717, 1.165) is 57.8 Å². The first kappa shape index (κ1) is 17.3. The van der Waals surface area contributed by atoms with Crippen molar-refractivity contribution in [2.45, 2.75) is 51.7 Å². The van der Waals surface area contributed by atoms with Crippen LogP contribution in [0.4, 0.5) is 0 Å². The van der Waals surface area contributed by atoms with E-state index in [1.807, 2.05) is 13.1 Å². The average molecular weight is 352 g/mol. The standard InChI is InChI=1S/C21H28N4O/c1-17-22-10-15-23(17)14-9-21(26)24-12-7-20(8-13-24)25-11-6-18-4-2-3-5-19(18)16-25/h2-5,10,15,20H,6-9,11-14,16H2,1H3. The van der Waals surface area contributed by atoms with E-state index in [4.69, 9.17) is 0 Å². The van der Waals surface area contributed by atoms with Gasteiger partial charge >= 0.3 is 0 Å². The highest BCUT2D eigenvalue weighted by Crippen LogP contribution is 2.25. The first-order valence-electron chi connectivity index (χ1n) is 9.77. The monoisotopic (exact) mass is 352 g/mol. The van der Waals surface area contributed by atoms with Crippen LogP contribution >= 0.6 is 0 Å². The number of benzene rings is 1. The van der Waals surface area contributed by atoms with Crippen molar-refractivity contribution in [1.29, 1.82) is 0 Å². The number of nitrogens with zero attached hydrogens (tertiary/aromatic N) is 4. The molecule has 0 atom stereocenters. The molecule has 3 heterocycles. The first-order valence-corrected chi connectivity index (χ1v) is 9.77. The molecule has 0 radical (unpaired) electrons. The molecule has 1 fully saturated rings. The number of hydrogen-bond acceptors (Lipinski definition) is 3. The van der Waals surface area contributed by atoms with Crippen LogP contribution in [0.15, 0.2) is 36.7 Å². The van der Waals surface area contributed by atoms with Gasteiger partial charge in [-0.15, -0.1) is 0 Å². The lowest BCUT2D eigenvalue weighted by Crippen LogP contribution is -2.48. The fourth-order valence-corrected chi connectivity index (χ4v) is 4.32. The van der Waals surface area contributed by atoms with Crippen LogP contribution in [0.5, 0.6) is 0 Å². The predicted molar refractivity (Wildman–Crippen MR) is 102 cm³/mol. The van der Waals surface area contributed by atoms with Crippen molar-refractivity contribution in [2.24, 2.45) is 0 Å². The highest BCUT2D eigenvalue weighted by molar-refractivity contribution is 5.76. The number of carbonyl (C=O) groups excluding carboxylic acids is 1. The molecule has 0 unspecified atom stereocenters. The Morgan fingerprint density at radius 1 is 1.15 bits per heavy atom. The topological polar surface area (TPSA) is 41.4 Å². The first-order chi connectivity index (χ1) is 12.7. The van der Waals surface area contributed by atoms with Crippen molar-refractivity contribution >= 4 is 5.91 Å². The normalized spacial score (nSPS) is 18.7. The fourth-order valence-electron chi connectivity index (χ4n) is 4.32. The molecule has 0 aliphatic carbocycles. The summed E-state index contributed by atoms with van der Waals surface area (Å²) in [4.78, 5) is 21.4. The number of piperidine rings is 1. The molecular formula is C21H28N4O. The molecule has 1 aromatic heterocycles. The van der Waals surface area contributed by atoms with Crippen LogP contribution in [-0.4, -0.2) is 50.9 Å². The Bertz CT molecular complexity index is 761. The molecule has 2 aliphatic rings. The molecule has 0 bridgehead atoms. The number of aromatic nitrogens is 2.